The van der Waals surface area contributed by atoms with Crippen LogP contribution in [0.5, 0.6) is 0 Å². The topological polar surface area (TPSA) is 87.1 Å². The molecular weight excluding hydrogens is 250 g/mol. The molecule has 2 aliphatic rings. The minimum Gasteiger partial charge on any atom is -0.481 e. The number of carboxylic acids is 1. The van der Waals surface area contributed by atoms with E-state index in [0.717, 1.165) is 0 Å². The van der Waals surface area contributed by atoms with Crippen LogP contribution in [-0.4, -0.2) is 59.4 Å². The summed E-state index contributed by atoms with van der Waals surface area (Å²) in [6.45, 7) is 1.39. The molecule has 1 amide bonds. The number of carboxylic acid groups (broad SMARTS) is 1. The van der Waals surface area contributed by atoms with E-state index in [4.69, 9.17) is 14.9 Å². The lowest BCUT2D eigenvalue weighted by Gasteiger charge is -2.36. The standard InChI is InChI=1S/C13H21NO5/c15-8-11-7-14(5-6-19-11)12(16)9-1-3-10(4-2-9)13(17)18/h9-11,15H,1-8H2,(H,17,18). The molecule has 2 fully saturated rings. The largest absolute Gasteiger partial charge is 0.481 e. The Morgan fingerprint density at radius 2 is 1.79 bits per heavy atom. The predicted molar refractivity (Wildman–Crippen MR) is 66.5 cm³/mol. The molecule has 19 heavy (non-hydrogen) atoms. The van der Waals surface area contributed by atoms with E-state index in [1.165, 1.54) is 0 Å². The van der Waals surface area contributed by atoms with Crippen LogP contribution in [-0.2, 0) is 14.3 Å². The van der Waals surface area contributed by atoms with Crippen LogP contribution in [0, 0.1) is 11.8 Å². The summed E-state index contributed by atoms with van der Waals surface area (Å²) in [6, 6.07) is 0. The Morgan fingerprint density at radius 3 is 2.37 bits per heavy atom. The van der Waals surface area contributed by atoms with Crippen molar-refractivity contribution in [3.63, 3.8) is 0 Å². The van der Waals surface area contributed by atoms with Gasteiger partial charge < -0.3 is 19.8 Å². The van der Waals surface area contributed by atoms with Crippen LogP contribution in [0.15, 0.2) is 0 Å². The minimum atomic E-state index is -0.752. The average Bonchev–Trinajstić information content (AvgIpc) is 2.46. The number of amides is 1. The van der Waals surface area contributed by atoms with Gasteiger partial charge in [0.1, 0.15) is 0 Å². The second-order valence-corrected chi connectivity index (χ2v) is 5.35. The first-order valence-corrected chi connectivity index (χ1v) is 6.86. The SMILES string of the molecule is O=C(O)C1CCC(C(=O)N2CCOC(CO)C2)CC1. The van der Waals surface area contributed by atoms with Crippen molar-refractivity contribution >= 4 is 11.9 Å². The van der Waals surface area contributed by atoms with Crippen molar-refractivity contribution < 1.29 is 24.5 Å². The molecule has 1 unspecified atom stereocenters. The molecule has 2 rings (SSSR count). The van der Waals surface area contributed by atoms with Gasteiger partial charge in [0.05, 0.1) is 25.2 Å². The first kappa shape index (κ1) is 14.3. The maximum atomic E-state index is 12.3. The van der Waals surface area contributed by atoms with Crippen molar-refractivity contribution in [3.8, 4) is 0 Å². The van der Waals surface area contributed by atoms with Gasteiger partial charge in [0.25, 0.3) is 0 Å². The Morgan fingerprint density at radius 1 is 1.16 bits per heavy atom. The molecule has 1 saturated heterocycles. The molecule has 1 aliphatic carbocycles. The van der Waals surface area contributed by atoms with Gasteiger partial charge in [0.15, 0.2) is 0 Å². The van der Waals surface area contributed by atoms with Crippen LogP contribution >= 0.6 is 0 Å². The molecule has 0 spiro atoms. The van der Waals surface area contributed by atoms with Crippen LogP contribution in [0.1, 0.15) is 25.7 Å². The Hall–Kier alpha value is -1.14. The molecule has 1 aliphatic heterocycles. The molecule has 1 heterocycles. The summed E-state index contributed by atoms with van der Waals surface area (Å²) in [4.78, 5) is 25.0. The molecule has 2 N–H and O–H groups in total. The molecule has 0 bridgehead atoms. The molecule has 6 nitrogen and oxygen atoms in total. The van der Waals surface area contributed by atoms with Crippen LogP contribution < -0.4 is 0 Å². The summed E-state index contributed by atoms with van der Waals surface area (Å²) in [5, 5.41) is 18.0. The number of aliphatic hydroxyl groups excluding tert-OH is 1. The van der Waals surface area contributed by atoms with Gasteiger partial charge in [0, 0.05) is 19.0 Å². The van der Waals surface area contributed by atoms with E-state index < -0.39 is 5.97 Å². The van der Waals surface area contributed by atoms with E-state index in [1.807, 2.05) is 0 Å². The first-order chi connectivity index (χ1) is 9.11. The van der Waals surface area contributed by atoms with Crippen molar-refractivity contribution in [3.05, 3.63) is 0 Å². The van der Waals surface area contributed by atoms with Crippen molar-refractivity contribution in [2.45, 2.75) is 31.8 Å². The van der Waals surface area contributed by atoms with Gasteiger partial charge in [-0.1, -0.05) is 0 Å². The van der Waals surface area contributed by atoms with E-state index in [0.29, 0.717) is 45.4 Å². The number of hydrogen-bond acceptors (Lipinski definition) is 4. The van der Waals surface area contributed by atoms with E-state index in [9.17, 15) is 9.59 Å². The van der Waals surface area contributed by atoms with Crippen LogP contribution in [0.2, 0.25) is 0 Å². The summed E-state index contributed by atoms with van der Waals surface area (Å²) in [7, 11) is 0. The van der Waals surface area contributed by atoms with Crippen molar-refractivity contribution in [1.82, 2.24) is 4.90 Å². The van der Waals surface area contributed by atoms with Crippen molar-refractivity contribution in [2.75, 3.05) is 26.3 Å². The fourth-order valence-corrected chi connectivity index (χ4v) is 2.88. The predicted octanol–water partition coefficient (Wildman–Crippen LogP) is 0.0971. The zero-order valence-electron chi connectivity index (χ0n) is 11.0. The molecule has 0 aromatic carbocycles. The van der Waals surface area contributed by atoms with Crippen molar-refractivity contribution in [1.29, 1.82) is 0 Å². The van der Waals surface area contributed by atoms with Gasteiger partial charge in [-0.05, 0) is 25.7 Å². The first-order valence-electron chi connectivity index (χ1n) is 6.86. The van der Waals surface area contributed by atoms with E-state index in [1.54, 1.807) is 4.90 Å². The number of carbonyl (C=O) groups is 2. The Labute approximate surface area is 112 Å². The summed E-state index contributed by atoms with van der Waals surface area (Å²) in [5.74, 6) is -1.02. The number of ether oxygens (including phenoxy) is 1. The van der Waals surface area contributed by atoms with E-state index in [-0.39, 0.29) is 30.5 Å². The Balaban J connectivity index is 1.85. The van der Waals surface area contributed by atoms with Crippen LogP contribution in [0.25, 0.3) is 0 Å². The molecule has 0 aromatic rings. The lowest BCUT2D eigenvalue weighted by Crippen LogP contribution is -2.49. The fraction of sp³-hybridized carbons (Fsp3) is 0.846. The lowest BCUT2D eigenvalue weighted by atomic mass is 9.81. The molecule has 0 radical (unpaired) electrons. The zero-order chi connectivity index (χ0) is 13.8. The number of carbonyl (C=O) groups excluding carboxylic acids is 1. The Bertz CT molecular complexity index is 338. The number of morpholine rings is 1. The highest BCUT2D eigenvalue weighted by molar-refractivity contribution is 5.79. The average molecular weight is 271 g/mol. The summed E-state index contributed by atoms with van der Waals surface area (Å²) in [6.07, 6.45) is 2.18. The second kappa shape index (κ2) is 6.34. The normalized spacial score (nSPS) is 32.1. The molecule has 0 aromatic heterocycles. The highest BCUT2D eigenvalue weighted by atomic mass is 16.5. The Kier molecular flexibility index (Phi) is 4.76. The maximum absolute atomic E-state index is 12.3. The van der Waals surface area contributed by atoms with Crippen molar-refractivity contribution in [2.24, 2.45) is 11.8 Å². The number of rotatable bonds is 3. The summed E-state index contributed by atoms with van der Waals surface area (Å²) >= 11 is 0. The molecule has 108 valence electrons. The van der Waals surface area contributed by atoms with Gasteiger partial charge in [-0.3, -0.25) is 9.59 Å². The maximum Gasteiger partial charge on any atom is 0.306 e. The zero-order valence-corrected chi connectivity index (χ0v) is 11.0. The van der Waals surface area contributed by atoms with Gasteiger partial charge in [-0.15, -0.1) is 0 Å². The fourth-order valence-electron chi connectivity index (χ4n) is 2.88. The lowest BCUT2D eigenvalue weighted by molar-refractivity contribution is -0.149. The number of hydrogen-bond donors (Lipinski definition) is 2. The molecule has 1 saturated carbocycles. The van der Waals surface area contributed by atoms with Gasteiger partial charge >= 0.3 is 5.97 Å². The molecule has 1 atom stereocenters. The smallest absolute Gasteiger partial charge is 0.306 e. The third-order valence-corrected chi connectivity index (χ3v) is 4.08. The van der Waals surface area contributed by atoms with Crippen LogP contribution in [0.4, 0.5) is 0 Å². The quantitative estimate of drug-likeness (QED) is 0.760. The highest BCUT2D eigenvalue weighted by Crippen LogP contribution is 2.30. The summed E-state index contributed by atoms with van der Waals surface area (Å²) in [5.41, 5.74) is 0. The van der Waals surface area contributed by atoms with Gasteiger partial charge in [0.2, 0.25) is 5.91 Å². The number of aliphatic carboxylic acids is 1. The van der Waals surface area contributed by atoms with E-state index >= 15 is 0 Å². The third-order valence-electron chi connectivity index (χ3n) is 4.08. The highest BCUT2D eigenvalue weighted by Gasteiger charge is 2.33. The summed E-state index contributed by atoms with van der Waals surface area (Å²) < 4.78 is 5.32. The van der Waals surface area contributed by atoms with Gasteiger partial charge in [-0.25, -0.2) is 0 Å². The van der Waals surface area contributed by atoms with E-state index in [2.05, 4.69) is 0 Å². The minimum absolute atomic E-state index is 0.0620. The van der Waals surface area contributed by atoms with Crippen LogP contribution in [0.3, 0.4) is 0 Å². The number of nitrogens with zero attached hydrogens (tertiary/aromatic N) is 1. The second-order valence-electron chi connectivity index (χ2n) is 5.35. The third kappa shape index (κ3) is 3.45. The molecular formula is C13H21NO5. The monoisotopic (exact) mass is 271 g/mol. The van der Waals surface area contributed by atoms with Gasteiger partial charge in [-0.2, -0.15) is 0 Å². The molecule has 6 heteroatoms. The number of aliphatic hydroxyl groups is 1.